The van der Waals surface area contributed by atoms with E-state index in [1.165, 1.54) is 10.5 Å². The lowest BCUT2D eigenvalue weighted by Crippen LogP contribution is -2.39. The molecule has 0 aliphatic carbocycles. The van der Waals surface area contributed by atoms with Gasteiger partial charge in [0.2, 0.25) is 0 Å². The van der Waals surface area contributed by atoms with Crippen molar-refractivity contribution in [1.29, 1.82) is 0 Å². The first-order chi connectivity index (χ1) is 13.2. The molecule has 27 heavy (non-hydrogen) atoms. The Hall–Kier alpha value is -1.86. The van der Waals surface area contributed by atoms with E-state index in [-0.39, 0.29) is 12.0 Å². The van der Waals surface area contributed by atoms with Crippen molar-refractivity contribution >= 4 is 17.7 Å². The summed E-state index contributed by atoms with van der Waals surface area (Å²) in [4.78, 5) is 16.0. The number of carbonyl (C=O) groups excluding carboxylic acids is 1. The molecule has 0 unspecified atom stereocenters. The van der Waals surface area contributed by atoms with Crippen molar-refractivity contribution in [3.05, 3.63) is 41.7 Å². The number of benzene rings is 1. The van der Waals surface area contributed by atoms with E-state index in [1.807, 2.05) is 16.7 Å². The van der Waals surface area contributed by atoms with E-state index >= 15 is 0 Å². The summed E-state index contributed by atoms with van der Waals surface area (Å²) in [5.74, 6) is -0.00654. The van der Waals surface area contributed by atoms with Crippen LogP contribution in [0.3, 0.4) is 0 Å². The average Bonchev–Trinajstić information content (AvgIpc) is 3.36. The molecule has 0 N–H and O–H groups in total. The van der Waals surface area contributed by atoms with Crippen LogP contribution in [-0.2, 0) is 11.3 Å². The Bertz CT molecular complexity index is 780. The van der Waals surface area contributed by atoms with Gasteiger partial charge in [-0.3, -0.25) is 4.79 Å². The molecule has 0 saturated carbocycles. The minimum atomic E-state index is -0.00654. The molecule has 2 aliphatic heterocycles. The summed E-state index contributed by atoms with van der Waals surface area (Å²) in [7, 11) is 0. The fraction of sp³-hybridized carbons (Fsp3) is 0.550. The highest BCUT2D eigenvalue weighted by atomic mass is 32.2. The Labute approximate surface area is 164 Å². The third-order valence-corrected chi connectivity index (χ3v) is 6.81. The van der Waals surface area contributed by atoms with Crippen LogP contribution in [0.2, 0.25) is 0 Å². The lowest BCUT2D eigenvalue weighted by Gasteiger charge is -2.31. The number of aryl methyl sites for hydroxylation is 1. The van der Waals surface area contributed by atoms with Crippen molar-refractivity contribution in [2.45, 2.75) is 55.4 Å². The first kappa shape index (κ1) is 18.5. The maximum Gasteiger partial charge on any atom is 0.276 e. The molecule has 4 rings (SSSR count). The van der Waals surface area contributed by atoms with Gasteiger partial charge in [-0.2, -0.15) is 0 Å². The van der Waals surface area contributed by atoms with Crippen molar-refractivity contribution < 1.29 is 9.53 Å². The number of amides is 1. The van der Waals surface area contributed by atoms with Crippen LogP contribution >= 0.6 is 11.8 Å². The molecule has 2 aromatic rings. The predicted molar refractivity (Wildman–Crippen MR) is 105 cm³/mol. The summed E-state index contributed by atoms with van der Waals surface area (Å²) >= 11 is 1.94. The zero-order valence-corrected chi connectivity index (χ0v) is 16.5. The third-order valence-electron chi connectivity index (χ3n) is 5.29. The zero-order chi connectivity index (χ0) is 18.6. The topological polar surface area (TPSA) is 60.2 Å². The van der Waals surface area contributed by atoms with E-state index in [0.717, 1.165) is 45.4 Å². The van der Waals surface area contributed by atoms with E-state index in [4.69, 9.17) is 4.74 Å². The number of rotatable bonds is 5. The molecule has 2 saturated heterocycles. The number of nitrogens with zero attached hydrogens (tertiary/aromatic N) is 4. The highest BCUT2D eigenvalue weighted by molar-refractivity contribution is 8.00. The molecule has 6 nitrogen and oxygen atoms in total. The number of carbonyl (C=O) groups is 1. The molecule has 2 aliphatic rings. The molecule has 3 heterocycles. The monoisotopic (exact) mass is 386 g/mol. The molecular weight excluding hydrogens is 360 g/mol. The van der Waals surface area contributed by atoms with E-state index in [9.17, 15) is 4.79 Å². The summed E-state index contributed by atoms with van der Waals surface area (Å²) in [5.41, 5.74) is 1.77. The van der Waals surface area contributed by atoms with Crippen molar-refractivity contribution in [3.63, 3.8) is 0 Å². The Morgan fingerprint density at radius 3 is 2.81 bits per heavy atom. The Morgan fingerprint density at radius 2 is 2.07 bits per heavy atom. The predicted octanol–water partition coefficient (Wildman–Crippen LogP) is 3.16. The standard InChI is InChI=1S/C20H26N4O2S/c1-15-5-2-3-7-19(15)27-17-8-10-23(11-9-17)20(25)18-14-24(22-21-18)13-16-6-4-12-26-16/h2-3,5,7,14,16-17H,4,6,8-13H2,1H3/t16-/m1/s1. The molecular formula is C20H26N4O2S. The molecule has 144 valence electrons. The Balaban J connectivity index is 1.29. The molecule has 1 aromatic heterocycles. The number of ether oxygens (including phenoxy) is 1. The maximum absolute atomic E-state index is 12.7. The summed E-state index contributed by atoms with van der Waals surface area (Å²) < 4.78 is 7.37. The summed E-state index contributed by atoms with van der Waals surface area (Å²) in [6, 6.07) is 8.51. The molecule has 1 amide bonds. The number of aromatic nitrogens is 3. The van der Waals surface area contributed by atoms with Gasteiger partial charge in [0, 0.05) is 29.8 Å². The largest absolute Gasteiger partial charge is 0.376 e. The van der Waals surface area contributed by atoms with E-state index in [1.54, 1.807) is 10.9 Å². The van der Waals surface area contributed by atoms with Gasteiger partial charge in [-0.1, -0.05) is 23.4 Å². The molecule has 2 fully saturated rings. The van der Waals surface area contributed by atoms with Gasteiger partial charge in [0.1, 0.15) is 0 Å². The molecule has 0 spiro atoms. The number of piperidine rings is 1. The van der Waals surface area contributed by atoms with Crippen LogP contribution in [0.1, 0.15) is 41.7 Å². The van der Waals surface area contributed by atoms with Crippen molar-refractivity contribution in [1.82, 2.24) is 19.9 Å². The van der Waals surface area contributed by atoms with Gasteiger partial charge in [-0.15, -0.1) is 16.9 Å². The molecule has 0 radical (unpaired) electrons. The first-order valence-corrected chi connectivity index (χ1v) is 10.6. The minimum Gasteiger partial charge on any atom is -0.376 e. The summed E-state index contributed by atoms with van der Waals surface area (Å²) in [5, 5.41) is 8.76. The molecule has 1 atom stereocenters. The van der Waals surface area contributed by atoms with Crippen LogP contribution in [0.15, 0.2) is 35.4 Å². The summed E-state index contributed by atoms with van der Waals surface area (Å²) in [6.07, 6.45) is 6.13. The highest BCUT2D eigenvalue weighted by Crippen LogP contribution is 2.32. The maximum atomic E-state index is 12.7. The second-order valence-corrected chi connectivity index (χ2v) is 8.68. The number of hydrogen-bond donors (Lipinski definition) is 0. The fourth-order valence-corrected chi connectivity index (χ4v) is 4.91. The number of thioether (sulfide) groups is 1. The van der Waals surface area contributed by atoms with Gasteiger partial charge >= 0.3 is 0 Å². The SMILES string of the molecule is Cc1ccccc1SC1CCN(C(=O)c2cn(C[C@H]3CCCO3)nn2)CC1. The van der Waals surface area contributed by atoms with Crippen LogP contribution in [0.25, 0.3) is 0 Å². The van der Waals surface area contributed by atoms with Crippen LogP contribution < -0.4 is 0 Å². The average molecular weight is 387 g/mol. The van der Waals surface area contributed by atoms with Gasteiger partial charge < -0.3 is 9.64 Å². The lowest BCUT2D eigenvalue weighted by molar-refractivity contribution is 0.0721. The highest BCUT2D eigenvalue weighted by Gasteiger charge is 2.26. The van der Waals surface area contributed by atoms with Crippen LogP contribution in [0, 0.1) is 6.92 Å². The van der Waals surface area contributed by atoms with E-state index in [0.29, 0.717) is 17.5 Å². The van der Waals surface area contributed by atoms with Gasteiger partial charge in [0.05, 0.1) is 18.8 Å². The second-order valence-electron chi connectivity index (χ2n) is 7.34. The fourth-order valence-electron chi connectivity index (χ4n) is 3.69. The van der Waals surface area contributed by atoms with Crippen LogP contribution in [0.5, 0.6) is 0 Å². The quantitative estimate of drug-likeness (QED) is 0.790. The first-order valence-electron chi connectivity index (χ1n) is 9.72. The number of likely N-dealkylation sites (tertiary alicyclic amines) is 1. The molecule has 1 aromatic carbocycles. The van der Waals surface area contributed by atoms with Gasteiger partial charge in [-0.05, 0) is 44.2 Å². The third kappa shape index (κ3) is 4.52. The van der Waals surface area contributed by atoms with E-state index < -0.39 is 0 Å². The Morgan fingerprint density at radius 1 is 1.26 bits per heavy atom. The smallest absolute Gasteiger partial charge is 0.276 e. The second kappa shape index (κ2) is 8.44. The number of hydrogen-bond acceptors (Lipinski definition) is 5. The Kier molecular flexibility index (Phi) is 5.78. The van der Waals surface area contributed by atoms with Crippen LogP contribution in [0.4, 0.5) is 0 Å². The minimum absolute atomic E-state index is 0.00654. The molecule has 7 heteroatoms. The van der Waals surface area contributed by atoms with E-state index in [2.05, 4.69) is 41.5 Å². The zero-order valence-electron chi connectivity index (χ0n) is 15.7. The normalized spacial score (nSPS) is 20.9. The molecule has 0 bridgehead atoms. The van der Waals surface area contributed by atoms with Crippen molar-refractivity contribution in [3.8, 4) is 0 Å². The van der Waals surface area contributed by atoms with Gasteiger partial charge in [0.25, 0.3) is 5.91 Å². The summed E-state index contributed by atoms with van der Waals surface area (Å²) in [6.45, 7) is 5.21. The van der Waals surface area contributed by atoms with Gasteiger partial charge in [-0.25, -0.2) is 4.68 Å². The van der Waals surface area contributed by atoms with Crippen molar-refractivity contribution in [2.75, 3.05) is 19.7 Å². The van der Waals surface area contributed by atoms with Gasteiger partial charge in [0.15, 0.2) is 5.69 Å². The van der Waals surface area contributed by atoms with Crippen molar-refractivity contribution in [2.24, 2.45) is 0 Å². The van der Waals surface area contributed by atoms with Crippen LogP contribution in [-0.4, -0.2) is 56.9 Å². The lowest BCUT2D eigenvalue weighted by atomic mass is 10.1.